The first kappa shape index (κ1) is 18.2. The number of nitrogens with one attached hydrogen (secondary N) is 2. The lowest BCUT2D eigenvalue weighted by Gasteiger charge is -2.29. The molecule has 0 saturated carbocycles. The minimum atomic E-state index is -0.105. The number of rotatable bonds is 2. The predicted molar refractivity (Wildman–Crippen MR) is 121 cm³/mol. The number of hydrogen-bond donors (Lipinski definition) is 2. The Morgan fingerprint density at radius 1 is 0.897 bits per heavy atom. The van der Waals surface area contributed by atoms with Crippen LogP contribution in [0.3, 0.4) is 0 Å². The molecule has 2 aromatic carbocycles. The lowest BCUT2D eigenvalue weighted by molar-refractivity contribution is -0.116. The van der Waals surface area contributed by atoms with Crippen molar-refractivity contribution < 1.29 is 4.79 Å². The van der Waals surface area contributed by atoms with Crippen LogP contribution in [-0.4, -0.2) is 5.78 Å². The first-order valence-electron chi connectivity index (χ1n) is 10.1. The monoisotopic (exact) mass is 400 g/mol. The third-order valence-corrected chi connectivity index (χ3v) is 6.97. The van der Waals surface area contributed by atoms with Crippen molar-refractivity contribution in [1.82, 2.24) is 0 Å². The summed E-state index contributed by atoms with van der Waals surface area (Å²) in [5.41, 5.74) is 6.51. The zero-order valence-electron chi connectivity index (χ0n) is 16.7. The number of Topliss-reactive ketones (excluding diaryl/α,β-unsaturated/α-hetero) is 1. The molecule has 4 heteroatoms. The summed E-state index contributed by atoms with van der Waals surface area (Å²) in [6.45, 7) is 4.21. The van der Waals surface area contributed by atoms with Crippen LogP contribution < -0.4 is 10.6 Å². The Hall–Kier alpha value is -2.85. The fraction of sp³-hybridized carbons (Fsp3) is 0.240. The summed E-state index contributed by atoms with van der Waals surface area (Å²) in [6.07, 6.45) is 1.41. The number of carbonyl (C=O) groups is 1. The van der Waals surface area contributed by atoms with E-state index in [4.69, 9.17) is 0 Å². The van der Waals surface area contributed by atoms with E-state index >= 15 is 0 Å². The molecule has 3 aromatic rings. The molecule has 0 bridgehead atoms. The molecule has 0 amide bonds. The van der Waals surface area contributed by atoms with Crippen molar-refractivity contribution in [2.45, 2.75) is 38.6 Å². The lowest BCUT2D eigenvalue weighted by atomic mass is 9.79. The molecule has 0 unspecified atom stereocenters. The van der Waals surface area contributed by atoms with Gasteiger partial charge in [-0.15, -0.1) is 11.3 Å². The van der Waals surface area contributed by atoms with Gasteiger partial charge < -0.3 is 10.6 Å². The Balaban J connectivity index is 1.60. The normalized spacial score (nSPS) is 21.0. The second kappa shape index (κ2) is 7.20. The summed E-state index contributed by atoms with van der Waals surface area (Å²) < 4.78 is 0. The number of ketones is 1. The molecule has 1 aromatic heterocycles. The molecule has 29 heavy (non-hydrogen) atoms. The van der Waals surface area contributed by atoms with Gasteiger partial charge in [-0.1, -0.05) is 42.0 Å². The van der Waals surface area contributed by atoms with Gasteiger partial charge in [-0.05, 0) is 56.0 Å². The van der Waals surface area contributed by atoms with Crippen LogP contribution in [0.15, 0.2) is 71.9 Å². The minimum Gasteiger partial charge on any atom is -0.372 e. The zero-order chi connectivity index (χ0) is 20.0. The molecule has 146 valence electrons. The topological polar surface area (TPSA) is 41.1 Å². The smallest absolute Gasteiger partial charge is 0.163 e. The number of benzene rings is 2. The molecule has 5 rings (SSSR count). The average molecular weight is 401 g/mol. The molecule has 2 heterocycles. The van der Waals surface area contributed by atoms with E-state index in [1.165, 1.54) is 20.9 Å². The number of thiophene rings is 1. The van der Waals surface area contributed by atoms with Crippen LogP contribution in [0.1, 0.15) is 45.7 Å². The summed E-state index contributed by atoms with van der Waals surface area (Å²) >= 11 is 1.76. The average Bonchev–Trinajstić information content (AvgIpc) is 3.06. The molecule has 1 aliphatic heterocycles. The van der Waals surface area contributed by atoms with Gasteiger partial charge in [0.25, 0.3) is 0 Å². The van der Waals surface area contributed by atoms with Crippen LogP contribution >= 0.6 is 11.3 Å². The van der Waals surface area contributed by atoms with E-state index < -0.39 is 0 Å². The van der Waals surface area contributed by atoms with E-state index in [1.807, 2.05) is 12.1 Å². The number of carbonyl (C=O) groups excluding carboxylic acids is 1. The van der Waals surface area contributed by atoms with E-state index in [0.717, 1.165) is 29.1 Å². The zero-order valence-corrected chi connectivity index (χ0v) is 17.5. The van der Waals surface area contributed by atoms with Gasteiger partial charge in [0.2, 0.25) is 0 Å². The fourth-order valence-electron chi connectivity index (χ4n) is 4.39. The highest BCUT2D eigenvalue weighted by Crippen LogP contribution is 2.45. The molecule has 2 N–H and O–H groups in total. The van der Waals surface area contributed by atoms with Gasteiger partial charge >= 0.3 is 0 Å². The molecular weight excluding hydrogens is 376 g/mol. The molecule has 1 aliphatic carbocycles. The number of fused-ring (bicyclic) bond motifs is 1. The van der Waals surface area contributed by atoms with Gasteiger partial charge in [0.15, 0.2) is 5.78 Å². The SMILES string of the molecule is Cc1ccc([C@H]2CC(=O)C3=C(C2)Nc2ccccc2N[C@H]3c2ccc(C)s2)cc1. The van der Waals surface area contributed by atoms with Crippen LogP contribution in [0.5, 0.6) is 0 Å². The number of anilines is 2. The van der Waals surface area contributed by atoms with Crippen LogP contribution in [0.2, 0.25) is 0 Å². The highest BCUT2D eigenvalue weighted by atomic mass is 32.1. The van der Waals surface area contributed by atoms with Crippen LogP contribution in [-0.2, 0) is 4.79 Å². The third kappa shape index (κ3) is 3.38. The summed E-state index contributed by atoms with van der Waals surface area (Å²) in [6, 6.07) is 21.0. The Morgan fingerprint density at radius 3 is 2.38 bits per heavy atom. The highest BCUT2D eigenvalue weighted by molar-refractivity contribution is 7.12. The van der Waals surface area contributed by atoms with Crippen molar-refractivity contribution in [3.8, 4) is 0 Å². The molecular formula is C25H24N2OS. The van der Waals surface area contributed by atoms with E-state index in [2.05, 4.69) is 73.0 Å². The van der Waals surface area contributed by atoms with E-state index in [-0.39, 0.29) is 17.7 Å². The Kier molecular flexibility index (Phi) is 4.51. The largest absolute Gasteiger partial charge is 0.372 e. The standard InChI is InChI=1S/C25H24N2OS/c1-15-7-10-17(11-8-15)18-13-21-24(22(28)14-18)25(23-12-9-16(2)29-23)27-20-6-4-3-5-19(20)26-21/h3-12,18,25-27H,13-14H2,1-2H3/t18-,25+/m1/s1. The Labute approximate surface area is 175 Å². The summed E-state index contributed by atoms with van der Waals surface area (Å²) in [5, 5.41) is 7.26. The maximum absolute atomic E-state index is 13.4. The van der Waals surface area contributed by atoms with Crippen molar-refractivity contribution >= 4 is 28.5 Å². The molecule has 2 aliphatic rings. The van der Waals surface area contributed by atoms with Crippen LogP contribution in [0, 0.1) is 13.8 Å². The van der Waals surface area contributed by atoms with Gasteiger partial charge in [-0.3, -0.25) is 4.79 Å². The summed E-state index contributed by atoms with van der Waals surface area (Å²) in [4.78, 5) is 15.9. The second-order valence-electron chi connectivity index (χ2n) is 8.03. The molecule has 3 nitrogen and oxygen atoms in total. The first-order valence-corrected chi connectivity index (χ1v) is 10.9. The summed E-state index contributed by atoms with van der Waals surface area (Å²) in [5.74, 6) is 0.450. The number of allylic oxidation sites excluding steroid dienone is 1. The first-order chi connectivity index (χ1) is 14.1. The Morgan fingerprint density at radius 2 is 1.66 bits per heavy atom. The van der Waals surface area contributed by atoms with Crippen molar-refractivity contribution in [3.05, 3.63) is 92.8 Å². The molecule has 0 fully saturated rings. The number of para-hydroxylation sites is 2. The third-order valence-electron chi connectivity index (χ3n) is 5.90. The minimum absolute atomic E-state index is 0.105. The Bertz CT molecular complexity index is 1110. The number of aryl methyl sites for hydroxylation is 2. The maximum Gasteiger partial charge on any atom is 0.163 e. The van der Waals surface area contributed by atoms with E-state index in [1.54, 1.807) is 11.3 Å². The van der Waals surface area contributed by atoms with E-state index in [9.17, 15) is 4.79 Å². The van der Waals surface area contributed by atoms with Crippen LogP contribution in [0.4, 0.5) is 11.4 Å². The van der Waals surface area contributed by atoms with Gasteiger partial charge in [0, 0.05) is 27.4 Å². The van der Waals surface area contributed by atoms with Gasteiger partial charge in [0.05, 0.1) is 17.4 Å². The van der Waals surface area contributed by atoms with Gasteiger partial charge in [-0.25, -0.2) is 0 Å². The van der Waals surface area contributed by atoms with Gasteiger partial charge in [-0.2, -0.15) is 0 Å². The van der Waals surface area contributed by atoms with Gasteiger partial charge in [0.1, 0.15) is 0 Å². The fourth-order valence-corrected chi connectivity index (χ4v) is 5.33. The highest BCUT2D eigenvalue weighted by Gasteiger charge is 2.36. The molecule has 0 spiro atoms. The van der Waals surface area contributed by atoms with Crippen molar-refractivity contribution in [3.63, 3.8) is 0 Å². The molecule has 2 atom stereocenters. The van der Waals surface area contributed by atoms with Crippen LogP contribution in [0.25, 0.3) is 0 Å². The summed E-state index contributed by atoms with van der Waals surface area (Å²) in [7, 11) is 0. The van der Waals surface area contributed by atoms with E-state index in [0.29, 0.717) is 6.42 Å². The second-order valence-corrected chi connectivity index (χ2v) is 9.35. The number of hydrogen-bond acceptors (Lipinski definition) is 4. The van der Waals surface area contributed by atoms with Crippen molar-refractivity contribution in [2.24, 2.45) is 0 Å². The quantitative estimate of drug-likeness (QED) is 0.527. The van der Waals surface area contributed by atoms with Crippen molar-refractivity contribution in [1.29, 1.82) is 0 Å². The molecule has 0 saturated heterocycles. The molecule has 0 radical (unpaired) electrons. The maximum atomic E-state index is 13.4. The van der Waals surface area contributed by atoms with Crippen molar-refractivity contribution in [2.75, 3.05) is 10.6 Å². The lowest BCUT2D eigenvalue weighted by Crippen LogP contribution is -2.26. The predicted octanol–water partition coefficient (Wildman–Crippen LogP) is 6.34.